The minimum atomic E-state index is 0.529. The summed E-state index contributed by atoms with van der Waals surface area (Å²) in [5.41, 5.74) is 5.42. The second kappa shape index (κ2) is 8.05. The highest BCUT2D eigenvalue weighted by molar-refractivity contribution is 5.97. The number of carbonyl (C=O) groups is 1. The van der Waals surface area contributed by atoms with Gasteiger partial charge in [-0.15, -0.1) is 6.58 Å². The third kappa shape index (κ3) is 3.15. The maximum atomic E-state index is 12.0. The molecular weight excluding hydrogens is 346 g/mol. The van der Waals surface area contributed by atoms with Gasteiger partial charge in [0.2, 0.25) is 0 Å². The van der Waals surface area contributed by atoms with Gasteiger partial charge in [0.1, 0.15) is 5.75 Å². The van der Waals surface area contributed by atoms with Crippen LogP contribution in [-0.4, -0.2) is 18.0 Å². The molecule has 144 valence electrons. The summed E-state index contributed by atoms with van der Waals surface area (Å²) in [7, 11) is 1.63. The number of aldehydes is 1. The summed E-state index contributed by atoms with van der Waals surface area (Å²) in [5, 5.41) is 1.30. The van der Waals surface area contributed by atoms with E-state index in [-0.39, 0.29) is 0 Å². The van der Waals surface area contributed by atoms with Gasteiger partial charge in [0.05, 0.1) is 12.8 Å². The van der Waals surface area contributed by atoms with Gasteiger partial charge < -0.3 is 9.30 Å². The van der Waals surface area contributed by atoms with E-state index in [1.54, 1.807) is 7.11 Å². The summed E-state index contributed by atoms with van der Waals surface area (Å²) in [4.78, 5) is 12.0. The van der Waals surface area contributed by atoms with Crippen LogP contribution in [0.3, 0.4) is 0 Å². The largest absolute Gasteiger partial charge is 0.497 e. The zero-order chi connectivity index (χ0) is 19.5. The normalized spacial score (nSPS) is 14.9. The molecule has 1 fully saturated rings. The van der Waals surface area contributed by atoms with Gasteiger partial charge in [0.25, 0.3) is 0 Å². The van der Waals surface area contributed by atoms with Gasteiger partial charge in [-0.2, -0.15) is 0 Å². The number of ether oxygens (including phenoxy) is 1. The van der Waals surface area contributed by atoms with E-state index in [4.69, 9.17) is 4.74 Å². The molecule has 0 atom stereocenters. The monoisotopic (exact) mass is 373 g/mol. The molecule has 1 heterocycles. The molecular formula is C25H27NO2. The Hall–Kier alpha value is -2.81. The molecule has 0 bridgehead atoms. The first-order valence-electron chi connectivity index (χ1n) is 10.1. The molecule has 28 heavy (non-hydrogen) atoms. The number of nitrogens with zero attached hydrogens (tertiary/aromatic N) is 1. The van der Waals surface area contributed by atoms with E-state index >= 15 is 0 Å². The Labute approximate surface area is 166 Å². The first kappa shape index (κ1) is 18.5. The van der Waals surface area contributed by atoms with Gasteiger partial charge in [-0.3, -0.25) is 4.79 Å². The van der Waals surface area contributed by atoms with Gasteiger partial charge in [-0.1, -0.05) is 43.5 Å². The molecule has 4 rings (SSSR count). The molecule has 1 aliphatic carbocycles. The topological polar surface area (TPSA) is 31.2 Å². The fraction of sp³-hybridized carbons (Fsp3) is 0.320. The van der Waals surface area contributed by atoms with E-state index in [9.17, 15) is 4.79 Å². The van der Waals surface area contributed by atoms with Crippen LogP contribution in [0.4, 0.5) is 0 Å². The Morgan fingerprint density at radius 3 is 2.64 bits per heavy atom. The maximum absolute atomic E-state index is 12.0. The Bertz CT molecular complexity index is 1010. The fourth-order valence-electron chi connectivity index (χ4n) is 4.72. The lowest BCUT2D eigenvalue weighted by Crippen LogP contribution is -2.08. The first-order valence-corrected chi connectivity index (χ1v) is 10.1. The quantitative estimate of drug-likeness (QED) is 0.372. The van der Waals surface area contributed by atoms with E-state index in [0.717, 1.165) is 17.5 Å². The molecule has 0 N–H and O–H groups in total. The van der Waals surface area contributed by atoms with Crippen molar-refractivity contribution in [2.24, 2.45) is 0 Å². The van der Waals surface area contributed by atoms with Crippen molar-refractivity contribution in [2.75, 3.05) is 7.11 Å². The number of allylic oxidation sites excluding steroid dienone is 1. The molecule has 0 radical (unpaired) electrons. The van der Waals surface area contributed by atoms with Crippen molar-refractivity contribution in [3.63, 3.8) is 0 Å². The number of hydrogen-bond acceptors (Lipinski definition) is 2. The molecule has 0 aliphatic heterocycles. The van der Waals surface area contributed by atoms with Crippen molar-refractivity contribution in [1.29, 1.82) is 0 Å². The number of benzene rings is 2. The van der Waals surface area contributed by atoms with Crippen molar-refractivity contribution in [3.05, 3.63) is 66.2 Å². The van der Waals surface area contributed by atoms with E-state index in [0.29, 0.717) is 23.8 Å². The van der Waals surface area contributed by atoms with E-state index in [2.05, 4.69) is 35.4 Å². The second-order valence-corrected chi connectivity index (χ2v) is 7.58. The lowest BCUT2D eigenvalue weighted by molar-refractivity contribution is 0.112. The molecule has 3 nitrogen and oxygen atoms in total. The van der Waals surface area contributed by atoms with Gasteiger partial charge in [0, 0.05) is 28.6 Å². The number of carbonyl (C=O) groups excluding carboxylic acids is 1. The van der Waals surface area contributed by atoms with Crippen LogP contribution < -0.4 is 4.74 Å². The molecule has 1 aromatic heterocycles. The van der Waals surface area contributed by atoms with Crippen LogP contribution in [-0.2, 0) is 6.54 Å². The summed E-state index contributed by atoms with van der Waals surface area (Å²) in [5.74, 6) is 1.23. The highest BCUT2D eigenvalue weighted by Crippen LogP contribution is 2.45. The minimum absolute atomic E-state index is 0.529. The predicted molar refractivity (Wildman–Crippen MR) is 115 cm³/mol. The average Bonchev–Trinajstić information content (AvgIpc) is 3.08. The molecule has 1 saturated carbocycles. The van der Waals surface area contributed by atoms with Crippen molar-refractivity contribution >= 4 is 17.2 Å². The fourth-order valence-corrected chi connectivity index (χ4v) is 4.72. The van der Waals surface area contributed by atoms with Crippen LogP contribution in [0.5, 0.6) is 5.75 Å². The smallest absolute Gasteiger partial charge is 0.150 e. The summed E-state index contributed by atoms with van der Waals surface area (Å²) in [6.07, 6.45) is 9.16. The SMILES string of the molecule is C=CCn1c(-c2ccc(OC)cc2C=O)c(C2CCCCC2)c2ccccc21. The zero-order valence-electron chi connectivity index (χ0n) is 16.5. The number of hydrogen-bond donors (Lipinski definition) is 0. The van der Waals surface area contributed by atoms with Crippen LogP contribution >= 0.6 is 0 Å². The maximum Gasteiger partial charge on any atom is 0.150 e. The van der Waals surface area contributed by atoms with Gasteiger partial charge in [-0.25, -0.2) is 0 Å². The van der Waals surface area contributed by atoms with E-state index in [1.807, 2.05) is 24.3 Å². The number of methoxy groups -OCH3 is 1. The zero-order valence-corrected chi connectivity index (χ0v) is 16.5. The highest BCUT2D eigenvalue weighted by atomic mass is 16.5. The van der Waals surface area contributed by atoms with Crippen LogP contribution in [0.25, 0.3) is 22.2 Å². The third-order valence-electron chi connectivity index (χ3n) is 5.98. The molecule has 3 aromatic rings. The van der Waals surface area contributed by atoms with Crippen LogP contribution in [0, 0.1) is 0 Å². The van der Waals surface area contributed by atoms with Gasteiger partial charge in [-0.05, 0) is 48.6 Å². The Balaban J connectivity index is 2.04. The van der Waals surface area contributed by atoms with Crippen LogP contribution in [0.1, 0.15) is 53.9 Å². The van der Waals surface area contributed by atoms with E-state index in [1.165, 1.54) is 48.6 Å². The molecule has 0 amide bonds. The molecule has 0 unspecified atom stereocenters. The number of aromatic nitrogens is 1. The number of para-hydroxylation sites is 1. The van der Waals surface area contributed by atoms with Crippen molar-refractivity contribution in [2.45, 2.75) is 44.6 Å². The molecule has 1 aliphatic rings. The van der Waals surface area contributed by atoms with Crippen LogP contribution in [0.2, 0.25) is 0 Å². The third-order valence-corrected chi connectivity index (χ3v) is 5.98. The second-order valence-electron chi connectivity index (χ2n) is 7.58. The summed E-state index contributed by atoms with van der Waals surface area (Å²) < 4.78 is 7.67. The van der Waals surface area contributed by atoms with Crippen LogP contribution in [0.15, 0.2) is 55.1 Å². The molecule has 0 spiro atoms. The molecule has 0 saturated heterocycles. The molecule has 3 heteroatoms. The van der Waals surface area contributed by atoms with Gasteiger partial charge in [0.15, 0.2) is 6.29 Å². The first-order chi connectivity index (χ1) is 13.8. The van der Waals surface area contributed by atoms with Crippen molar-refractivity contribution in [3.8, 4) is 17.0 Å². The number of fused-ring (bicyclic) bond motifs is 1. The van der Waals surface area contributed by atoms with Gasteiger partial charge >= 0.3 is 0 Å². The molecule has 2 aromatic carbocycles. The highest BCUT2D eigenvalue weighted by Gasteiger charge is 2.27. The van der Waals surface area contributed by atoms with Crippen molar-refractivity contribution < 1.29 is 9.53 Å². The summed E-state index contributed by atoms with van der Waals surface area (Å²) in [6.45, 7) is 4.69. The summed E-state index contributed by atoms with van der Waals surface area (Å²) in [6, 6.07) is 14.4. The van der Waals surface area contributed by atoms with Crippen molar-refractivity contribution in [1.82, 2.24) is 4.57 Å². The predicted octanol–water partition coefficient (Wildman–Crippen LogP) is 6.36. The standard InChI is InChI=1S/C25H27NO2/c1-3-15-26-23-12-8-7-11-22(23)24(18-9-5-4-6-10-18)25(26)21-14-13-20(28-2)16-19(21)17-27/h3,7-8,11-14,16-18H,1,4-6,9-10,15H2,2H3. The van der Waals surface area contributed by atoms with E-state index < -0.39 is 0 Å². The average molecular weight is 373 g/mol. The Morgan fingerprint density at radius 2 is 1.93 bits per heavy atom. The lowest BCUT2D eigenvalue weighted by Gasteiger charge is -2.24. The Morgan fingerprint density at radius 1 is 1.14 bits per heavy atom. The minimum Gasteiger partial charge on any atom is -0.497 e. The summed E-state index contributed by atoms with van der Waals surface area (Å²) >= 11 is 0. The number of rotatable bonds is 6. The lowest BCUT2D eigenvalue weighted by atomic mass is 9.81. The Kier molecular flexibility index (Phi) is 5.34.